The van der Waals surface area contributed by atoms with Crippen molar-refractivity contribution in [3.8, 4) is 5.75 Å². The number of allylic oxidation sites excluding steroid dienone is 2. The van der Waals surface area contributed by atoms with Crippen LogP contribution in [0.4, 0.5) is 14.5 Å². The maximum Gasteiger partial charge on any atom is 0.258 e. The van der Waals surface area contributed by atoms with Gasteiger partial charge in [0.15, 0.2) is 21.3 Å². The number of phenolic OH excluding ortho intramolecular Hbond substituents is 1. The molecule has 6 rings (SSSR count). The molecule has 6 atom stereocenters. The highest BCUT2D eigenvalue weighted by molar-refractivity contribution is 6.58. The predicted octanol–water partition coefficient (Wildman–Crippen LogP) is 3.62. The number of hydrogen-bond donors (Lipinski definition) is 2. The number of alkyl halides is 2. The Morgan fingerprint density at radius 3 is 2.26 bits per heavy atom. The van der Waals surface area contributed by atoms with Gasteiger partial charge in [0, 0.05) is 5.92 Å². The number of phenols is 1. The Balaban J connectivity index is 1.58. The van der Waals surface area contributed by atoms with Crippen LogP contribution in [0.25, 0.3) is 0 Å². The quantitative estimate of drug-likeness (QED) is 0.250. The Kier molecular flexibility index (Phi) is 5.31. The lowest BCUT2D eigenvalue weighted by Crippen LogP contribution is -2.60. The average Bonchev–Trinajstić information content (AvgIpc) is 3.19. The Morgan fingerprint density at radius 1 is 0.921 bits per heavy atom. The summed E-state index contributed by atoms with van der Waals surface area (Å²) in [5.74, 6) is -9.96. The largest absolute Gasteiger partial charge is 0.505 e. The van der Waals surface area contributed by atoms with Gasteiger partial charge in [0.25, 0.3) is 23.6 Å². The molecule has 0 bridgehead atoms. The van der Waals surface area contributed by atoms with Crippen LogP contribution in [0.15, 0.2) is 54.1 Å². The monoisotopic (exact) mass is 562 g/mol. The van der Waals surface area contributed by atoms with Crippen LogP contribution in [0.5, 0.6) is 5.75 Å². The van der Waals surface area contributed by atoms with Gasteiger partial charge < -0.3 is 5.11 Å². The number of hydroxylamine groups is 2. The van der Waals surface area contributed by atoms with Crippen molar-refractivity contribution in [1.82, 2.24) is 5.06 Å². The standard InChI is InChI=1S/C26H18Cl2F2N2O6/c27-25-10-16-14(6-7-15-19(16)22(35)32(38)21(15)34)20(11-1-8-18(33)17(30)9-11)26(25,28)24(37)31(23(25)36)13-4-2-12(29)3-5-13/h1-6,8-9,15-16,19-20,33,38H,7,10H2. The van der Waals surface area contributed by atoms with Crippen LogP contribution in [0, 0.1) is 29.4 Å². The molecule has 196 valence electrons. The van der Waals surface area contributed by atoms with Gasteiger partial charge in [0.1, 0.15) is 5.82 Å². The molecule has 4 amide bonds. The van der Waals surface area contributed by atoms with Gasteiger partial charge in [-0.25, -0.2) is 13.7 Å². The summed E-state index contributed by atoms with van der Waals surface area (Å²) < 4.78 is 28.2. The van der Waals surface area contributed by atoms with E-state index < -0.39 is 74.4 Å². The molecular weight excluding hydrogens is 545 g/mol. The first-order valence-electron chi connectivity index (χ1n) is 11.7. The minimum absolute atomic E-state index is 0.00923. The van der Waals surface area contributed by atoms with Crippen molar-refractivity contribution < 1.29 is 38.3 Å². The lowest BCUT2D eigenvalue weighted by atomic mass is 9.56. The van der Waals surface area contributed by atoms with Crippen molar-refractivity contribution in [2.75, 3.05) is 4.90 Å². The zero-order chi connectivity index (χ0) is 27.3. The van der Waals surface area contributed by atoms with Gasteiger partial charge in [0.05, 0.1) is 17.5 Å². The normalized spacial score (nSPS) is 34.3. The van der Waals surface area contributed by atoms with E-state index in [1.807, 2.05) is 0 Å². The van der Waals surface area contributed by atoms with Crippen LogP contribution in [0.1, 0.15) is 24.3 Å². The average molecular weight is 563 g/mol. The van der Waals surface area contributed by atoms with Crippen molar-refractivity contribution in [2.24, 2.45) is 17.8 Å². The number of carbonyl (C=O) groups is 4. The molecule has 6 unspecified atom stereocenters. The van der Waals surface area contributed by atoms with Gasteiger partial charge in [-0.15, -0.1) is 23.2 Å². The van der Waals surface area contributed by atoms with Crippen LogP contribution in [0.2, 0.25) is 0 Å². The van der Waals surface area contributed by atoms with E-state index in [1.54, 1.807) is 6.08 Å². The van der Waals surface area contributed by atoms with Crippen molar-refractivity contribution in [3.63, 3.8) is 0 Å². The zero-order valence-corrected chi connectivity index (χ0v) is 20.8. The molecule has 0 spiro atoms. The number of aromatic hydroxyl groups is 1. The molecule has 2 aromatic rings. The van der Waals surface area contributed by atoms with Gasteiger partial charge in [-0.3, -0.25) is 24.4 Å². The first-order valence-corrected chi connectivity index (χ1v) is 12.4. The molecule has 2 saturated heterocycles. The first kappa shape index (κ1) is 25.0. The van der Waals surface area contributed by atoms with Crippen LogP contribution in [-0.4, -0.2) is 48.8 Å². The summed E-state index contributed by atoms with van der Waals surface area (Å²) in [6.45, 7) is 0. The van der Waals surface area contributed by atoms with Crippen LogP contribution in [0.3, 0.4) is 0 Å². The fourth-order valence-electron chi connectivity index (χ4n) is 6.46. The minimum Gasteiger partial charge on any atom is -0.505 e. The van der Waals surface area contributed by atoms with E-state index in [2.05, 4.69) is 0 Å². The Morgan fingerprint density at radius 2 is 1.61 bits per heavy atom. The summed E-state index contributed by atoms with van der Waals surface area (Å²) in [6, 6.07) is 7.89. The third-order valence-electron chi connectivity index (χ3n) is 8.18. The molecular formula is C26H18Cl2F2N2O6. The fourth-order valence-corrected chi connectivity index (χ4v) is 7.39. The number of rotatable bonds is 2. The molecule has 2 aliphatic carbocycles. The lowest BCUT2D eigenvalue weighted by molar-refractivity contribution is -0.173. The molecule has 8 nitrogen and oxygen atoms in total. The minimum atomic E-state index is -2.22. The lowest BCUT2D eigenvalue weighted by Gasteiger charge is -2.50. The molecule has 2 heterocycles. The highest BCUT2D eigenvalue weighted by Gasteiger charge is 2.76. The SMILES string of the molecule is O=C1C2CC=C3C(CC4(Cl)C(=O)N(c5ccc(F)cc5)C(=O)C4(Cl)C3c3ccc(O)c(F)c3)C2C(=O)N1O. The Hall–Kier alpha value is -3.34. The highest BCUT2D eigenvalue weighted by atomic mass is 35.5. The van der Waals surface area contributed by atoms with Gasteiger partial charge in [-0.1, -0.05) is 17.7 Å². The zero-order valence-electron chi connectivity index (χ0n) is 19.3. The topological polar surface area (TPSA) is 115 Å². The van der Waals surface area contributed by atoms with E-state index in [0.717, 1.165) is 29.2 Å². The van der Waals surface area contributed by atoms with E-state index >= 15 is 0 Å². The smallest absolute Gasteiger partial charge is 0.258 e. The number of benzene rings is 2. The van der Waals surface area contributed by atoms with Crippen molar-refractivity contribution in [2.45, 2.75) is 28.5 Å². The summed E-state index contributed by atoms with van der Waals surface area (Å²) in [7, 11) is 0. The number of halogens is 4. The summed E-state index contributed by atoms with van der Waals surface area (Å²) in [6.07, 6.45) is 1.31. The van der Waals surface area contributed by atoms with Crippen LogP contribution in [-0.2, 0) is 19.2 Å². The van der Waals surface area contributed by atoms with E-state index in [1.165, 1.54) is 18.2 Å². The predicted molar refractivity (Wildman–Crippen MR) is 128 cm³/mol. The van der Waals surface area contributed by atoms with Crippen molar-refractivity contribution >= 4 is 52.5 Å². The number of fused-ring (bicyclic) bond motifs is 4. The number of anilines is 1. The number of carbonyl (C=O) groups excluding carboxylic acids is 4. The highest BCUT2D eigenvalue weighted by Crippen LogP contribution is 2.65. The second kappa shape index (κ2) is 8.08. The Bertz CT molecular complexity index is 1480. The molecule has 2 aliphatic heterocycles. The number of nitrogens with zero attached hydrogens (tertiary/aromatic N) is 2. The number of hydrogen-bond acceptors (Lipinski definition) is 6. The fraction of sp³-hybridized carbons (Fsp3) is 0.308. The first-order chi connectivity index (χ1) is 17.9. The number of imide groups is 2. The van der Waals surface area contributed by atoms with E-state index in [-0.39, 0.29) is 29.2 Å². The molecule has 12 heteroatoms. The third kappa shape index (κ3) is 2.99. The summed E-state index contributed by atoms with van der Waals surface area (Å²) in [5, 5.41) is 19.9. The second-order valence-corrected chi connectivity index (χ2v) is 11.2. The van der Waals surface area contributed by atoms with Crippen molar-refractivity contribution in [1.29, 1.82) is 0 Å². The maximum atomic E-state index is 14.6. The molecule has 0 aromatic heterocycles. The van der Waals surface area contributed by atoms with Crippen LogP contribution < -0.4 is 4.90 Å². The summed E-state index contributed by atoms with van der Waals surface area (Å²) >= 11 is 14.1. The van der Waals surface area contributed by atoms with Gasteiger partial charge in [-0.2, -0.15) is 5.06 Å². The maximum absolute atomic E-state index is 14.6. The summed E-state index contributed by atoms with van der Waals surface area (Å²) in [5.41, 5.74) is 0.505. The van der Waals surface area contributed by atoms with Gasteiger partial charge in [-0.05, 0) is 60.7 Å². The summed E-state index contributed by atoms with van der Waals surface area (Å²) in [4.78, 5) is 49.8. The number of amides is 4. The van der Waals surface area contributed by atoms with Crippen molar-refractivity contribution in [3.05, 3.63) is 71.3 Å². The molecule has 0 radical (unpaired) electrons. The van der Waals surface area contributed by atoms with Gasteiger partial charge in [0.2, 0.25) is 0 Å². The van der Waals surface area contributed by atoms with Gasteiger partial charge >= 0.3 is 0 Å². The molecule has 38 heavy (non-hydrogen) atoms. The molecule has 4 aliphatic rings. The Labute approximate surface area is 224 Å². The molecule has 3 fully saturated rings. The van der Waals surface area contributed by atoms with E-state index in [9.17, 15) is 38.3 Å². The third-order valence-corrected chi connectivity index (χ3v) is 9.59. The molecule has 2 N–H and O–H groups in total. The molecule has 2 aromatic carbocycles. The second-order valence-electron chi connectivity index (χ2n) is 9.95. The van der Waals surface area contributed by atoms with E-state index in [0.29, 0.717) is 5.57 Å². The van der Waals surface area contributed by atoms with Crippen LogP contribution >= 0.6 is 23.2 Å². The molecule has 1 saturated carbocycles. The van der Waals surface area contributed by atoms with E-state index in [4.69, 9.17) is 23.2 Å².